The molecule has 0 fully saturated rings. The molecule has 5 nitrogen and oxygen atoms in total. The molecule has 1 aromatic heterocycles. The van der Waals surface area contributed by atoms with Crippen LogP contribution in [0.5, 0.6) is 0 Å². The number of hydrogen-bond acceptors (Lipinski definition) is 5. The fraction of sp³-hybridized carbons (Fsp3) is 0.500. The monoisotopic (exact) mass is 215 g/mol. The van der Waals surface area contributed by atoms with E-state index in [1.165, 1.54) is 18.9 Å². The van der Waals surface area contributed by atoms with Gasteiger partial charge in [0.1, 0.15) is 6.04 Å². The number of carbonyl (C=O) groups is 1. The van der Waals surface area contributed by atoms with Crippen molar-refractivity contribution in [3.05, 3.63) is 12.4 Å². The molecule has 0 aliphatic heterocycles. The molecule has 2 N–H and O–H groups in total. The van der Waals surface area contributed by atoms with Crippen molar-refractivity contribution in [2.24, 2.45) is 12.8 Å². The van der Waals surface area contributed by atoms with Crippen LogP contribution in [0.3, 0.4) is 0 Å². The van der Waals surface area contributed by atoms with Gasteiger partial charge in [0.15, 0.2) is 0 Å². The zero-order chi connectivity index (χ0) is 10.6. The minimum atomic E-state index is -0.579. The highest BCUT2D eigenvalue weighted by Gasteiger charge is 2.13. The Bertz CT molecular complexity index is 313. The van der Waals surface area contributed by atoms with Gasteiger partial charge in [-0.25, -0.2) is 0 Å². The van der Waals surface area contributed by atoms with Crippen LogP contribution in [-0.4, -0.2) is 34.7 Å². The number of hydrogen-bond donors (Lipinski definition) is 1. The molecule has 0 spiro atoms. The first-order valence-corrected chi connectivity index (χ1v) is 5.07. The highest BCUT2D eigenvalue weighted by Crippen LogP contribution is 2.16. The van der Waals surface area contributed by atoms with E-state index in [-0.39, 0.29) is 5.97 Å². The van der Waals surface area contributed by atoms with Crippen LogP contribution in [-0.2, 0) is 16.6 Å². The number of carbonyl (C=O) groups excluding carboxylic acids is 1. The fourth-order valence-corrected chi connectivity index (χ4v) is 1.74. The van der Waals surface area contributed by atoms with Gasteiger partial charge in [0.2, 0.25) is 0 Å². The van der Waals surface area contributed by atoms with Gasteiger partial charge in [-0.05, 0) is 0 Å². The molecule has 0 aliphatic carbocycles. The van der Waals surface area contributed by atoms with E-state index in [9.17, 15) is 4.79 Å². The number of aromatic nitrogens is 2. The maximum absolute atomic E-state index is 11.0. The van der Waals surface area contributed by atoms with Crippen LogP contribution >= 0.6 is 11.8 Å². The molecule has 6 heteroatoms. The van der Waals surface area contributed by atoms with Gasteiger partial charge in [-0.1, -0.05) is 0 Å². The molecule has 0 bridgehead atoms. The first-order valence-electron chi connectivity index (χ1n) is 4.08. The number of thioether (sulfide) groups is 1. The van der Waals surface area contributed by atoms with Gasteiger partial charge in [0, 0.05) is 23.9 Å². The number of nitrogens with two attached hydrogens (primary N) is 1. The molecule has 1 rings (SSSR count). The number of aryl methyl sites for hydroxylation is 1. The summed E-state index contributed by atoms with van der Waals surface area (Å²) in [6, 6.07) is -0.579. The highest BCUT2D eigenvalue weighted by molar-refractivity contribution is 7.99. The SMILES string of the molecule is COC(=O)C(N)CSc1cnn(C)c1. The lowest BCUT2D eigenvalue weighted by Gasteiger charge is -2.06. The van der Waals surface area contributed by atoms with Crippen LogP contribution in [0.2, 0.25) is 0 Å². The third kappa shape index (κ3) is 3.04. The second kappa shape index (κ2) is 5.02. The second-order valence-electron chi connectivity index (χ2n) is 2.79. The van der Waals surface area contributed by atoms with E-state index in [0.29, 0.717) is 5.75 Å². The molecular weight excluding hydrogens is 202 g/mol. The summed E-state index contributed by atoms with van der Waals surface area (Å²) < 4.78 is 6.21. The molecule has 0 radical (unpaired) electrons. The van der Waals surface area contributed by atoms with E-state index in [2.05, 4.69) is 9.84 Å². The first kappa shape index (κ1) is 11.1. The molecule has 0 aromatic carbocycles. The summed E-state index contributed by atoms with van der Waals surface area (Å²) in [6.45, 7) is 0. The zero-order valence-corrected chi connectivity index (χ0v) is 8.95. The number of rotatable bonds is 4. The van der Waals surface area contributed by atoms with Crippen LogP contribution in [0.1, 0.15) is 0 Å². The summed E-state index contributed by atoms with van der Waals surface area (Å²) >= 11 is 1.48. The largest absolute Gasteiger partial charge is 0.468 e. The van der Waals surface area contributed by atoms with Crippen LogP contribution in [0.15, 0.2) is 17.3 Å². The van der Waals surface area contributed by atoms with Gasteiger partial charge in [-0.2, -0.15) is 5.10 Å². The lowest BCUT2D eigenvalue weighted by Crippen LogP contribution is -2.33. The predicted molar refractivity (Wildman–Crippen MR) is 53.9 cm³/mol. The molecule has 1 heterocycles. The van der Waals surface area contributed by atoms with Crippen molar-refractivity contribution in [3.8, 4) is 0 Å². The summed E-state index contributed by atoms with van der Waals surface area (Å²) in [5, 5.41) is 4.00. The molecule has 1 unspecified atom stereocenters. The van der Waals surface area contributed by atoms with E-state index >= 15 is 0 Å². The first-order chi connectivity index (χ1) is 6.63. The lowest BCUT2D eigenvalue weighted by atomic mass is 10.4. The summed E-state index contributed by atoms with van der Waals surface area (Å²) in [5.41, 5.74) is 5.56. The molecule has 14 heavy (non-hydrogen) atoms. The summed E-state index contributed by atoms with van der Waals surface area (Å²) in [4.78, 5) is 11.9. The Balaban J connectivity index is 2.37. The van der Waals surface area contributed by atoms with Crippen molar-refractivity contribution >= 4 is 17.7 Å². The summed E-state index contributed by atoms with van der Waals surface area (Å²) in [7, 11) is 3.17. The minimum absolute atomic E-state index is 0.388. The number of esters is 1. The predicted octanol–water partition coefficient (Wildman–Crippen LogP) is 0.0125. The van der Waals surface area contributed by atoms with Crippen molar-refractivity contribution < 1.29 is 9.53 Å². The molecule has 0 saturated carbocycles. The molecule has 1 atom stereocenters. The Kier molecular flexibility index (Phi) is 3.97. The third-order valence-electron chi connectivity index (χ3n) is 1.61. The number of nitrogens with zero attached hydrogens (tertiary/aromatic N) is 2. The van der Waals surface area contributed by atoms with E-state index in [4.69, 9.17) is 5.73 Å². The molecular formula is C8H13N3O2S. The minimum Gasteiger partial charge on any atom is -0.468 e. The maximum atomic E-state index is 11.0. The third-order valence-corrected chi connectivity index (χ3v) is 2.68. The van der Waals surface area contributed by atoms with Gasteiger partial charge in [-0.15, -0.1) is 11.8 Å². The molecule has 0 amide bonds. The number of methoxy groups -OCH3 is 1. The Labute approximate surface area is 86.6 Å². The standard InChI is InChI=1S/C8H13N3O2S/c1-11-4-6(3-10-11)14-5-7(9)8(12)13-2/h3-4,7H,5,9H2,1-2H3. The summed E-state index contributed by atoms with van der Waals surface area (Å²) in [6.07, 6.45) is 3.60. The maximum Gasteiger partial charge on any atom is 0.323 e. The lowest BCUT2D eigenvalue weighted by molar-refractivity contribution is -0.141. The van der Waals surface area contributed by atoms with Crippen molar-refractivity contribution in [3.63, 3.8) is 0 Å². The van der Waals surface area contributed by atoms with Gasteiger partial charge in [0.05, 0.1) is 13.3 Å². The van der Waals surface area contributed by atoms with E-state index in [0.717, 1.165) is 4.90 Å². The number of ether oxygens (including phenoxy) is 1. The van der Waals surface area contributed by atoms with Crippen LogP contribution in [0.25, 0.3) is 0 Å². The van der Waals surface area contributed by atoms with Crippen LogP contribution < -0.4 is 5.73 Å². The van der Waals surface area contributed by atoms with Crippen molar-refractivity contribution in [2.75, 3.05) is 12.9 Å². The van der Waals surface area contributed by atoms with Gasteiger partial charge >= 0.3 is 5.97 Å². The Morgan fingerprint density at radius 2 is 2.57 bits per heavy atom. The van der Waals surface area contributed by atoms with Crippen molar-refractivity contribution in [1.82, 2.24) is 9.78 Å². The van der Waals surface area contributed by atoms with Crippen LogP contribution in [0.4, 0.5) is 0 Å². The topological polar surface area (TPSA) is 70.1 Å². The molecule has 0 aliphatic rings. The molecule has 0 saturated heterocycles. The van der Waals surface area contributed by atoms with E-state index in [1.807, 2.05) is 13.2 Å². The van der Waals surface area contributed by atoms with Gasteiger partial charge in [0.25, 0.3) is 0 Å². The quantitative estimate of drug-likeness (QED) is 0.566. The van der Waals surface area contributed by atoms with Crippen molar-refractivity contribution in [2.45, 2.75) is 10.9 Å². The Morgan fingerprint density at radius 3 is 3.07 bits per heavy atom. The van der Waals surface area contributed by atoms with Crippen LogP contribution in [0, 0.1) is 0 Å². The Morgan fingerprint density at radius 1 is 1.86 bits per heavy atom. The summed E-state index contributed by atoms with van der Waals surface area (Å²) in [5.74, 6) is 0.111. The van der Waals surface area contributed by atoms with Crippen molar-refractivity contribution in [1.29, 1.82) is 0 Å². The fourth-order valence-electron chi connectivity index (χ4n) is 0.879. The Hall–Kier alpha value is -1.01. The zero-order valence-electron chi connectivity index (χ0n) is 8.14. The highest BCUT2D eigenvalue weighted by atomic mass is 32.2. The average molecular weight is 215 g/mol. The average Bonchev–Trinajstić information content (AvgIpc) is 2.59. The smallest absolute Gasteiger partial charge is 0.323 e. The van der Waals surface area contributed by atoms with E-state index < -0.39 is 6.04 Å². The second-order valence-corrected chi connectivity index (χ2v) is 3.88. The molecule has 78 valence electrons. The van der Waals surface area contributed by atoms with E-state index in [1.54, 1.807) is 10.9 Å². The van der Waals surface area contributed by atoms with Gasteiger partial charge < -0.3 is 10.5 Å². The normalized spacial score (nSPS) is 12.5. The van der Waals surface area contributed by atoms with Gasteiger partial charge in [-0.3, -0.25) is 9.48 Å². The molecule has 1 aromatic rings.